The lowest BCUT2D eigenvalue weighted by Gasteiger charge is -2.10. The SMILES string of the molecule is CC(NC(=O)Cc1csc(CCCN)n1)c1nc2ccccc2[nH]1. The van der Waals surface area contributed by atoms with Gasteiger partial charge in [-0.3, -0.25) is 4.79 Å². The van der Waals surface area contributed by atoms with Crippen molar-refractivity contribution in [1.82, 2.24) is 20.3 Å². The van der Waals surface area contributed by atoms with Crippen LogP contribution < -0.4 is 11.1 Å². The summed E-state index contributed by atoms with van der Waals surface area (Å²) in [6.45, 7) is 2.58. The minimum atomic E-state index is -0.180. The van der Waals surface area contributed by atoms with E-state index in [0.29, 0.717) is 6.54 Å². The Balaban J connectivity index is 1.58. The number of nitrogens with two attached hydrogens (primary N) is 1. The van der Waals surface area contributed by atoms with Crippen LogP contribution in [-0.2, 0) is 17.6 Å². The molecule has 1 atom stereocenters. The van der Waals surface area contributed by atoms with E-state index in [4.69, 9.17) is 5.73 Å². The first-order valence-electron chi connectivity index (χ1n) is 8.03. The number of hydrogen-bond acceptors (Lipinski definition) is 5. The first-order chi connectivity index (χ1) is 11.7. The van der Waals surface area contributed by atoms with Crippen molar-refractivity contribution >= 4 is 28.3 Å². The van der Waals surface area contributed by atoms with E-state index in [1.165, 1.54) is 0 Å². The molecule has 3 aromatic rings. The predicted octanol–water partition coefficient (Wildman–Crippen LogP) is 2.33. The van der Waals surface area contributed by atoms with Crippen LogP contribution >= 0.6 is 11.3 Å². The number of nitrogens with one attached hydrogen (secondary N) is 2. The fourth-order valence-corrected chi connectivity index (χ4v) is 3.34. The van der Waals surface area contributed by atoms with Gasteiger partial charge >= 0.3 is 0 Å². The number of aryl methyl sites for hydroxylation is 1. The Kier molecular flexibility index (Phi) is 5.22. The van der Waals surface area contributed by atoms with Crippen LogP contribution in [0.5, 0.6) is 0 Å². The zero-order valence-corrected chi connectivity index (χ0v) is 14.4. The van der Waals surface area contributed by atoms with Gasteiger partial charge in [-0.15, -0.1) is 11.3 Å². The number of nitrogens with zero attached hydrogens (tertiary/aromatic N) is 2. The number of carbonyl (C=O) groups is 1. The van der Waals surface area contributed by atoms with Crippen molar-refractivity contribution in [3.8, 4) is 0 Å². The molecule has 0 radical (unpaired) electrons. The van der Waals surface area contributed by atoms with Crippen molar-refractivity contribution in [1.29, 1.82) is 0 Å². The van der Waals surface area contributed by atoms with Gasteiger partial charge in [-0.25, -0.2) is 9.97 Å². The molecule has 4 N–H and O–H groups in total. The quantitative estimate of drug-likeness (QED) is 0.613. The van der Waals surface area contributed by atoms with E-state index in [2.05, 4.69) is 20.3 Å². The number of hydrogen-bond donors (Lipinski definition) is 3. The lowest BCUT2D eigenvalue weighted by molar-refractivity contribution is -0.121. The highest BCUT2D eigenvalue weighted by Gasteiger charge is 2.15. The average Bonchev–Trinajstić information content (AvgIpc) is 3.19. The van der Waals surface area contributed by atoms with Gasteiger partial charge in [0.1, 0.15) is 5.82 Å². The second-order valence-corrected chi connectivity index (χ2v) is 6.67. The molecule has 0 saturated heterocycles. The fraction of sp³-hybridized carbons (Fsp3) is 0.353. The summed E-state index contributed by atoms with van der Waals surface area (Å²) in [5.74, 6) is 0.699. The Hall–Kier alpha value is -2.25. The van der Waals surface area contributed by atoms with Gasteiger partial charge in [0.05, 0.1) is 34.2 Å². The number of aromatic nitrogens is 3. The van der Waals surface area contributed by atoms with Crippen LogP contribution in [0.4, 0.5) is 0 Å². The number of fused-ring (bicyclic) bond motifs is 1. The average molecular weight is 343 g/mol. The van der Waals surface area contributed by atoms with Crippen molar-refractivity contribution in [2.24, 2.45) is 5.73 Å². The molecule has 6 nitrogen and oxygen atoms in total. The molecule has 1 unspecified atom stereocenters. The van der Waals surface area contributed by atoms with Crippen molar-refractivity contribution in [3.05, 3.63) is 46.2 Å². The highest BCUT2D eigenvalue weighted by molar-refractivity contribution is 7.09. The van der Waals surface area contributed by atoms with Crippen LogP contribution in [0.2, 0.25) is 0 Å². The summed E-state index contributed by atoms with van der Waals surface area (Å²) in [6, 6.07) is 7.64. The highest BCUT2D eigenvalue weighted by atomic mass is 32.1. The molecular weight excluding hydrogens is 322 g/mol. The summed E-state index contributed by atoms with van der Waals surface area (Å²) >= 11 is 1.58. The molecule has 0 aliphatic heterocycles. The molecule has 1 amide bonds. The lowest BCUT2D eigenvalue weighted by atomic mass is 10.2. The first kappa shape index (κ1) is 16.6. The number of benzene rings is 1. The van der Waals surface area contributed by atoms with E-state index in [1.54, 1.807) is 11.3 Å². The predicted molar refractivity (Wildman–Crippen MR) is 95.8 cm³/mol. The number of amides is 1. The topological polar surface area (TPSA) is 96.7 Å². The van der Waals surface area contributed by atoms with Crippen molar-refractivity contribution in [2.45, 2.75) is 32.2 Å². The third kappa shape index (κ3) is 3.98. The molecule has 24 heavy (non-hydrogen) atoms. The molecule has 2 heterocycles. The van der Waals surface area contributed by atoms with Crippen molar-refractivity contribution < 1.29 is 4.79 Å². The Bertz CT molecular complexity index is 792. The van der Waals surface area contributed by atoms with Gasteiger partial charge in [0.15, 0.2) is 0 Å². The third-order valence-corrected chi connectivity index (χ3v) is 4.69. The smallest absolute Gasteiger partial charge is 0.226 e. The molecule has 0 bridgehead atoms. The molecule has 2 aromatic heterocycles. The molecule has 1 aromatic carbocycles. The number of carbonyl (C=O) groups excluding carboxylic acids is 1. The maximum Gasteiger partial charge on any atom is 0.226 e. The van der Waals surface area contributed by atoms with Crippen LogP contribution in [-0.4, -0.2) is 27.4 Å². The number of aromatic amines is 1. The first-order valence-corrected chi connectivity index (χ1v) is 8.91. The van der Waals surface area contributed by atoms with Gasteiger partial charge in [0.2, 0.25) is 5.91 Å². The van der Waals surface area contributed by atoms with Gasteiger partial charge < -0.3 is 16.0 Å². The molecular formula is C17H21N5OS. The van der Waals surface area contributed by atoms with Gasteiger partial charge in [-0.05, 0) is 32.0 Å². The van der Waals surface area contributed by atoms with Crippen LogP contribution in [0.1, 0.15) is 35.9 Å². The maximum absolute atomic E-state index is 12.2. The Labute approximate surface area is 144 Å². The fourth-order valence-electron chi connectivity index (χ4n) is 2.50. The second kappa shape index (κ2) is 7.55. The van der Waals surface area contributed by atoms with Crippen LogP contribution in [0.3, 0.4) is 0 Å². The van der Waals surface area contributed by atoms with Gasteiger partial charge in [-0.1, -0.05) is 12.1 Å². The van der Waals surface area contributed by atoms with E-state index in [1.807, 2.05) is 36.6 Å². The summed E-state index contributed by atoms with van der Waals surface area (Å²) in [6.07, 6.45) is 2.07. The number of H-pyrrole nitrogens is 1. The van der Waals surface area contributed by atoms with E-state index in [0.717, 1.165) is 40.4 Å². The van der Waals surface area contributed by atoms with Crippen LogP contribution in [0.15, 0.2) is 29.6 Å². The minimum Gasteiger partial charge on any atom is -0.346 e. The molecule has 0 aliphatic carbocycles. The van der Waals surface area contributed by atoms with Crippen molar-refractivity contribution in [2.75, 3.05) is 6.54 Å². The maximum atomic E-state index is 12.2. The summed E-state index contributed by atoms with van der Waals surface area (Å²) < 4.78 is 0. The monoisotopic (exact) mass is 343 g/mol. The number of thiazole rings is 1. The van der Waals surface area contributed by atoms with E-state index in [-0.39, 0.29) is 18.4 Å². The number of imidazole rings is 1. The van der Waals surface area contributed by atoms with E-state index in [9.17, 15) is 4.79 Å². The molecule has 0 spiro atoms. The lowest BCUT2D eigenvalue weighted by Crippen LogP contribution is -2.28. The normalized spacial score (nSPS) is 12.4. The molecule has 0 aliphatic rings. The van der Waals surface area contributed by atoms with Crippen LogP contribution in [0.25, 0.3) is 11.0 Å². The Morgan fingerprint density at radius 3 is 3.00 bits per heavy atom. The Morgan fingerprint density at radius 2 is 2.21 bits per heavy atom. The number of rotatable bonds is 7. The van der Waals surface area contributed by atoms with E-state index >= 15 is 0 Å². The van der Waals surface area contributed by atoms with Crippen molar-refractivity contribution in [3.63, 3.8) is 0 Å². The molecule has 0 saturated carbocycles. The molecule has 7 heteroatoms. The summed E-state index contributed by atoms with van der Waals surface area (Å²) in [4.78, 5) is 24.5. The van der Waals surface area contributed by atoms with Crippen LogP contribution in [0, 0.1) is 0 Å². The second-order valence-electron chi connectivity index (χ2n) is 5.73. The van der Waals surface area contributed by atoms with Gasteiger partial charge in [-0.2, -0.15) is 0 Å². The zero-order chi connectivity index (χ0) is 16.9. The third-order valence-electron chi connectivity index (χ3n) is 3.73. The zero-order valence-electron chi connectivity index (χ0n) is 13.6. The largest absolute Gasteiger partial charge is 0.346 e. The van der Waals surface area contributed by atoms with E-state index < -0.39 is 0 Å². The number of para-hydroxylation sites is 2. The van der Waals surface area contributed by atoms with Gasteiger partial charge in [0, 0.05) is 11.8 Å². The minimum absolute atomic E-state index is 0.0568. The highest BCUT2D eigenvalue weighted by Crippen LogP contribution is 2.16. The molecule has 126 valence electrons. The standard InChI is InChI=1S/C17H21N5OS/c1-11(17-21-13-5-2-3-6-14(13)22-17)19-15(23)9-12-10-24-16(20-12)7-4-8-18/h2-3,5-6,10-11H,4,7-9,18H2,1H3,(H,19,23)(H,21,22). The summed E-state index contributed by atoms with van der Waals surface area (Å²) in [7, 11) is 0. The Morgan fingerprint density at radius 1 is 1.38 bits per heavy atom. The summed E-state index contributed by atoms with van der Waals surface area (Å²) in [5.41, 5.74) is 8.18. The summed E-state index contributed by atoms with van der Waals surface area (Å²) in [5, 5.41) is 5.95. The molecule has 0 fully saturated rings. The molecule has 3 rings (SSSR count). The van der Waals surface area contributed by atoms with Gasteiger partial charge in [0.25, 0.3) is 0 Å².